The Labute approximate surface area is 146 Å². The molecule has 0 unspecified atom stereocenters. The molecule has 0 fully saturated rings. The quantitative estimate of drug-likeness (QED) is 0.800. The van der Waals surface area contributed by atoms with Gasteiger partial charge in [0, 0.05) is 0 Å². The van der Waals surface area contributed by atoms with Crippen molar-refractivity contribution in [3.05, 3.63) is 54.3 Å². The standard InChI is InChI=1S/C18H20FNO4S/c1-12(2)17(18(21)24-3)20-25(22,23)16-10-6-14(7-11-16)13-4-8-15(19)9-5-13/h4-12,17,20H,1-3H3/t17-/m0/s1/i3-1. The molecule has 0 saturated carbocycles. The molecule has 2 rings (SSSR count). The molecule has 0 aliphatic carbocycles. The van der Waals surface area contributed by atoms with Crippen molar-refractivity contribution in [2.75, 3.05) is 7.11 Å². The molecule has 7 heteroatoms. The van der Waals surface area contributed by atoms with Gasteiger partial charge in [0.1, 0.15) is 11.9 Å². The molecule has 25 heavy (non-hydrogen) atoms. The minimum atomic E-state index is -3.88. The first-order chi connectivity index (χ1) is 11.7. The lowest BCUT2D eigenvalue weighted by atomic mass is 10.1. The number of carbonyl (C=O) groups is 1. The van der Waals surface area contributed by atoms with Gasteiger partial charge in [-0.25, -0.2) is 12.8 Å². The van der Waals surface area contributed by atoms with Crippen LogP contribution in [0.2, 0.25) is 0 Å². The van der Waals surface area contributed by atoms with Gasteiger partial charge in [-0.15, -0.1) is 0 Å². The smallest absolute Gasteiger partial charge is 0.324 e. The monoisotopic (exact) mass is 364 g/mol. The summed E-state index contributed by atoms with van der Waals surface area (Å²) >= 11 is 0. The number of ether oxygens (including phenoxy) is 1. The Bertz CT molecular complexity index is 830. The van der Waals surface area contributed by atoms with E-state index in [1.807, 2.05) is 0 Å². The lowest BCUT2D eigenvalue weighted by Gasteiger charge is -2.19. The topological polar surface area (TPSA) is 72.5 Å². The van der Waals surface area contributed by atoms with Crippen molar-refractivity contribution in [1.82, 2.24) is 4.72 Å². The van der Waals surface area contributed by atoms with Gasteiger partial charge in [0.05, 0.1) is 12.0 Å². The third-order valence-electron chi connectivity index (χ3n) is 3.75. The van der Waals surface area contributed by atoms with Gasteiger partial charge in [-0.05, 0) is 41.3 Å². The third kappa shape index (κ3) is 4.64. The molecule has 134 valence electrons. The van der Waals surface area contributed by atoms with E-state index in [4.69, 9.17) is 0 Å². The number of hydrogen-bond donors (Lipinski definition) is 1. The van der Waals surface area contributed by atoms with Gasteiger partial charge in [-0.2, -0.15) is 4.72 Å². The third-order valence-corrected chi connectivity index (χ3v) is 5.20. The second-order valence-corrected chi connectivity index (χ2v) is 7.61. The summed E-state index contributed by atoms with van der Waals surface area (Å²) in [5.41, 5.74) is 1.53. The maximum atomic E-state index is 13.0. The number of carbonyl (C=O) groups excluding carboxylic acids is 1. The van der Waals surface area contributed by atoms with Crippen LogP contribution in [0.25, 0.3) is 11.1 Å². The zero-order valence-electron chi connectivity index (χ0n) is 14.2. The lowest BCUT2D eigenvalue weighted by Crippen LogP contribution is -2.44. The number of rotatable bonds is 6. The van der Waals surface area contributed by atoms with E-state index in [0.717, 1.165) is 11.1 Å². The molecular formula is C18H20FNO4S. The summed E-state index contributed by atoms with van der Waals surface area (Å²) in [6.45, 7) is 3.45. The summed E-state index contributed by atoms with van der Waals surface area (Å²) in [6, 6.07) is 11.1. The van der Waals surface area contributed by atoms with Crippen molar-refractivity contribution in [3.63, 3.8) is 0 Å². The van der Waals surface area contributed by atoms with Crippen LogP contribution in [0.15, 0.2) is 53.4 Å². The maximum absolute atomic E-state index is 13.0. The molecule has 0 saturated heterocycles. The summed E-state index contributed by atoms with van der Waals surface area (Å²) in [5.74, 6) is -1.24. The lowest BCUT2D eigenvalue weighted by molar-refractivity contribution is -0.143. The highest BCUT2D eigenvalue weighted by Crippen LogP contribution is 2.22. The Morgan fingerprint density at radius 3 is 1.92 bits per heavy atom. The minimum Gasteiger partial charge on any atom is -0.468 e. The predicted octanol–water partition coefficient (Wildman–Crippen LogP) is 2.97. The molecule has 0 amide bonds. The summed E-state index contributed by atoms with van der Waals surface area (Å²) in [6.07, 6.45) is 0. The van der Waals surface area contributed by atoms with E-state index in [-0.39, 0.29) is 16.6 Å². The fourth-order valence-electron chi connectivity index (χ4n) is 2.29. The molecule has 0 heterocycles. The molecule has 2 aromatic carbocycles. The molecule has 0 aliphatic heterocycles. The molecule has 0 aliphatic rings. The van der Waals surface area contributed by atoms with E-state index in [0.29, 0.717) is 0 Å². The van der Waals surface area contributed by atoms with Crippen LogP contribution < -0.4 is 4.72 Å². The van der Waals surface area contributed by atoms with Crippen LogP contribution in [0.4, 0.5) is 4.39 Å². The second-order valence-electron chi connectivity index (χ2n) is 5.90. The Kier molecular flexibility index (Phi) is 5.92. The van der Waals surface area contributed by atoms with Gasteiger partial charge in [0.15, 0.2) is 0 Å². The first-order valence-corrected chi connectivity index (χ1v) is 9.19. The normalized spacial score (nSPS) is 12.8. The van der Waals surface area contributed by atoms with Gasteiger partial charge in [0.25, 0.3) is 0 Å². The molecular weight excluding hydrogens is 344 g/mol. The highest BCUT2D eigenvalue weighted by Gasteiger charge is 2.29. The average molecular weight is 364 g/mol. The number of hydrogen-bond acceptors (Lipinski definition) is 4. The van der Waals surface area contributed by atoms with Crippen molar-refractivity contribution < 1.29 is 22.3 Å². The van der Waals surface area contributed by atoms with E-state index in [1.165, 1.54) is 31.4 Å². The van der Waals surface area contributed by atoms with E-state index in [9.17, 15) is 17.6 Å². The molecule has 1 atom stereocenters. The van der Waals surface area contributed by atoms with Crippen LogP contribution in [0.3, 0.4) is 0 Å². The van der Waals surface area contributed by atoms with Gasteiger partial charge >= 0.3 is 5.97 Å². The number of esters is 1. The summed E-state index contributed by atoms with van der Waals surface area (Å²) in [5, 5.41) is 0. The highest BCUT2D eigenvalue weighted by molar-refractivity contribution is 7.89. The average Bonchev–Trinajstić information content (AvgIpc) is 2.59. The minimum absolute atomic E-state index is 0.0351. The number of methoxy groups -OCH3 is 1. The molecule has 1 N–H and O–H groups in total. The van der Waals surface area contributed by atoms with E-state index < -0.39 is 22.0 Å². The number of sulfonamides is 1. The predicted molar refractivity (Wildman–Crippen MR) is 92.8 cm³/mol. The van der Waals surface area contributed by atoms with Crippen LogP contribution in [-0.4, -0.2) is 27.5 Å². The fraction of sp³-hybridized carbons (Fsp3) is 0.278. The Morgan fingerprint density at radius 2 is 1.48 bits per heavy atom. The zero-order valence-corrected chi connectivity index (χ0v) is 15.0. The molecule has 0 aromatic heterocycles. The Morgan fingerprint density at radius 1 is 1.00 bits per heavy atom. The number of benzene rings is 2. The maximum Gasteiger partial charge on any atom is 0.324 e. The Balaban J connectivity index is 2.25. The van der Waals surface area contributed by atoms with Gasteiger partial charge in [-0.3, -0.25) is 4.79 Å². The van der Waals surface area contributed by atoms with Crippen molar-refractivity contribution >= 4 is 16.0 Å². The van der Waals surface area contributed by atoms with E-state index >= 15 is 0 Å². The Hall–Kier alpha value is -2.25. The summed E-state index contributed by atoms with van der Waals surface area (Å²) in [4.78, 5) is 11.8. The fourth-order valence-corrected chi connectivity index (χ4v) is 3.62. The molecule has 5 nitrogen and oxygen atoms in total. The SMILES string of the molecule is CC(C)[C@H](NS(=O)(=O)c1ccc(-c2ccc(F)cc2)cc1)C(=O)O[11CH3]. The summed E-state index contributed by atoms with van der Waals surface area (Å²) < 4.78 is 45.0. The van der Waals surface area contributed by atoms with Crippen molar-refractivity contribution in [2.45, 2.75) is 24.8 Å². The van der Waals surface area contributed by atoms with Crippen molar-refractivity contribution in [1.29, 1.82) is 0 Å². The van der Waals surface area contributed by atoms with Crippen LogP contribution in [0.5, 0.6) is 0 Å². The van der Waals surface area contributed by atoms with Gasteiger partial charge in [0.2, 0.25) is 10.0 Å². The van der Waals surface area contributed by atoms with Gasteiger partial charge < -0.3 is 4.74 Å². The second kappa shape index (κ2) is 7.76. The molecule has 0 bridgehead atoms. The van der Waals surface area contributed by atoms with Crippen molar-refractivity contribution in [2.24, 2.45) is 5.92 Å². The van der Waals surface area contributed by atoms with Crippen LogP contribution in [0, 0.1) is 11.7 Å². The van der Waals surface area contributed by atoms with Crippen molar-refractivity contribution in [3.8, 4) is 11.1 Å². The van der Waals surface area contributed by atoms with Crippen LogP contribution >= 0.6 is 0 Å². The van der Waals surface area contributed by atoms with E-state index in [2.05, 4.69) is 9.46 Å². The number of halogens is 1. The molecule has 0 spiro atoms. The van der Waals surface area contributed by atoms with Gasteiger partial charge in [-0.1, -0.05) is 38.1 Å². The first kappa shape index (κ1) is 19.1. The van der Waals surface area contributed by atoms with Crippen LogP contribution in [0.1, 0.15) is 13.8 Å². The first-order valence-electron chi connectivity index (χ1n) is 7.71. The zero-order chi connectivity index (χ0) is 18.6. The molecule has 0 radical (unpaired) electrons. The largest absolute Gasteiger partial charge is 0.468 e. The number of nitrogens with one attached hydrogen (secondary N) is 1. The van der Waals surface area contributed by atoms with E-state index in [1.54, 1.807) is 38.1 Å². The van der Waals surface area contributed by atoms with Crippen LogP contribution in [-0.2, 0) is 19.6 Å². The summed E-state index contributed by atoms with van der Waals surface area (Å²) in [7, 11) is -2.66. The highest BCUT2D eigenvalue weighted by atomic mass is 32.2. The molecule has 2 aromatic rings.